The molecule has 3 nitrogen and oxygen atoms in total. The minimum Gasteiger partial charge on any atom is -0.481 e. The van der Waals surface area contributed by atoms with Crippen LogP contribution >= 0.6 is 0 Å². The molecule has 0 bridgehead atoms. The van der Waals surface area contributed by atoms with Gasteiger partial charge < -0.3 is 5.11 Å². The highest BCUT2D eigenvalue weighted by Crippen LogP contribution is 2.39. The highest BCUT2D eigenvalue weighted by Gasteiger charge is 2.33. The first-order valence-corrected chi connectivity index (χ1v) is 5.78. The summed E-state index contributed by atoms with van der Waals surface area (Å²) in [6.07, 6.45) is 3.87. The van der Waals surface area contributed by atoms with E-state index in [-0.39, 0.29) is 11.8 Å². The van der Waals surface area contributed by atoms with Gasteiger partial charge in [0.25, 0.3) is 0 Å². The molecule has 3 heteroatoms. The molecule has 0 aliphatic heterocycles. The summed E-state index contributed by atoms with van der Waals surface area (Å²) in [5.74, 6) is -0.564. The second-order valence-corrected chi connectivity index (χ2v) is 4.68. The summed E-state index contributed by atoms with van der Waals surface area (Å²) in [6, 6.07) is 4.05. The van der Waals surface area contributed by atoms with Gasteiger partial charge in [0.15, 0.2) is 0 Å². The Morgan fingerprint density at radius 3 is 3.00 bits per heavy atom. The molecule has 3 unspecified atom stereocenters. The van der Waals surface area contributed by atoms with Crippen molar-refractivity contribution in [3.05, 3.63) is 29.6 Å². The van der Waals surface area contributed by atoms with Crippen LogP contribution in [0.15, 0.2) is 18.3 Å². The van der Waals surface area contributed by atoms with Crippen molar-refractivity contribution in [2.75, 3.05) is 0 Å². The van der Waals surface area contributed by atoms with Crippen molar-refractivity contribution in [1.29, 1.82) is 0 Å². The number of hydrogen-bond acceptors (Lipinski definition) is 2. The Bertz CT molecular complexity index is 403. The molecule has 0 radical (unpaired) electrons. The van der Waals surface area contributed by atoms with Gasteiger partial charge in [-0.3, -0.25) is 9.78 Å². The van der Waals surface area contributed by atoms with Crippen LogP contribution in [0.25, 0.3) is 0 Å². The third-order valence-corrected chi connectivity index (χ3v) is 3.81. The minimum absolute atomic E-state index is 0.147. The molecule has 3 atom stereocenters. The van der Waals surface area contributed by atoms with Gasteiger partial charge in [-0.1, -0.05) is 19.9 Å². The standard InChI is InChI=1S/C13H17NO2/c1-8(9(2)13(15)16)11-6-5-10-4-3-7-14-12(10)11/h3-4,7-9,11H,5-6H2,1-2H3,(H,15,16). The number of aliphatic carboxylic acids is 1. The van der Waals surface area contributed by atoms with E-state index in [1.165, 1.54) is 5.56 Å². The zero-order valence-electron chi connectivity index (χ0n) is 9.68. The van der Waals surface area contributed by atoms with E-state index in [2.05, 4.69) is 11.1 Å². The van der Waals surface area contributed by atoms with Gasteiger partial charge in [-0.05, 0) is 30.4 Å². The third-order valence-electron chi connectivity index (χ3n) is 3.81. The molecule has 1 aliphatic carbocycles. The number of rotatable bonds is 3. The average Bonchev–Trinajstić information content (AvgIpc) is 2.70. The molecule has 0 fully saturated rings. The molecule has 0 saturated carbocycles. The maximum Gasteiger partial charge on any atom is 0.306 e. The van der Waals surface area contributed by atoms with Crippen LogP contribution in [0.2, 0.25) is 0 Å². The van der Waals surface area contributed by atoms with Gasteiger partial charge in [0.2, 0.25) is 0 Å². The van der Waals surface area contributed by atoms with Crippen molar-refractivity contribution in [3.63, 3.8) is 0 Å². The van der Waals surface area contributed by atoms with E-state index in [9.17, 15) is 4.79 Å². The molecule has 2 rings (SSSR count). The zero-order chi connectivity index (χ0) is 11.7. The SMILES string of the molecule is CC(C(=O)O)C(C)C1CCc2cccnc21. The van der Waals surface area contributed by atoms with Gasteiger partial charge in [-0.25, -0.2) is 0 Å². The Labute approximate surface area is 95.5 Å². The van der Waals surface area contributed by atoms with Crippen molar-refractivity contribution in [2.45, 2.75) is 32.6 Å². The van der Waals surface area contributed by atoms with Crippen molar-refractivity contribution in [1.82, 2.24) is 4.98 Å². The molecule has 0 amide bonds. The van der Waals surface area contributed by atoms with Gasteiger partial charge in [0.05, 0.1) is 5.92 Å². The van der Waals surface area contributed by atoms with Crippen LogP contribution in [-0.4, -0.2) is 16.1 Å². The predicted octanol–water partition coefficient (Wildman–Crippen LogP) is 2.47. The number of carboxylic acids is 1. The molecule has 1 heterocycles. The number of carboxylic acid groups (broad SMARTS) is 1. The van der Waals surface area contributed by atoms with Crippen molar-refractivity contribution in [2.24, 2.45) is 11.8 Å². The van der Waals surface area contributed by atoms with E-state index in [0.717, 1.165) is 18.5 Å². The summed E-state index contributed by atoms with van der Waals surface area (Å²) < 4.78 is 0. The molecule has 16 heavy (non-hydrogen) atoms. The molecule has 1 aromatic rings. The fourth-order valence-corrected chi connectivity index (χ4v) is 2.53. The molecule has 1 aromatic heterocycles. The third kappa shape index (κ3) is 1.82. The fraction of sp³-hybridized carbons (Fsp3) is 0.538. The van der Waals surface area contributed by atoms with Gasteiger partial charge in [0.1, 0.15) is 0 Å². The summed E-state index contributed by atoms with van der Waals surface area (Å²) in [5, 5.41) is 9.04. The number of nitrogens with zero attached hydrogens (tertiary/aromatic N) is 1. The van der Waals surface area contributed by atoms with E-state index in [1.807, 2.05) is 13.0 Å². The highest BCUT2D eigenvalue weighted by molar-refractivity contribution is 5.70. The molecule has 86 valence electrons. The predicted molar refractivity (Wildman–Crippen MR) is 61.3 cm³/mol. The second kappa shape index (κ2) is 4.24. The monoisotopic (exact) mass is 219 g/mol. The Morgan fingerprint density at radius 2 is 2.31 bits per heavy atom. The topological polar surface area (TPSA) is 50.2 Å². The van der Waals surface area contributed by atoms with E-state index in [0.29, 0.717) is 5.92 Å². The summed E-state index contributed by atoms with van der Waals surface area (Å²) in [6.45, 7) is 3.81. The fourth-order valence-electron chi connectivity index (χ4n) is 2.53. The lowest BCUT2D eigenvalue weighted by atomic mass is 9.82. The van der Waals surface area contributed by atoms with Gasteiger partial charge >= 0.3 is 5.97 Å². The van der Waals surface area contributed by atoms with Crippen LogP contribution in [0.5, 0.6) is 0 Å². The number of pyridine rings is 1. The van der Waals surface area contributed by atoms with Crippen LogP contribution in [0.1, 0.15) is 37.4 Å². The number of aryl methyl sites for hydroxylation is 1. The van der Waals surface area contributed by atoms with Crippen LogP contribution < -0.4 is 0 Å². The molecule has 0 aromatic carbocycles. The minimum atomic E-state index is -0.711. The summed E-state index contributed by atoms with van der Waals surface area (Å²) in [5.41, 5.74) is 2.40. The average molecular weight is 219 g/mol. The lowest BCUT2D eigenvalue weighted by Crippen LogP contribution is -2.23. The Hall–Kier alpha value is -1.38. The maximum absolute atomic E-state index is 11.0. The zero-order valence-corrected chi connectivity index (χ0v) is 9.68. The van der Waals surface area contributed by atoms with Crippen molar-refractivity contribution in [3.8, 4) is 0 Å². The molecule has 1 aliphatic rings. The molecular weight excluding hydrogens is 202 g/mol. The van der Waals surface area contributed by atoms with Gasteiger partial charge in [-0.15, -0.1) is 0 Å². The smallest absolute Gasteiger partial charge is 0.306 e. The van der Waals surface area contributed by atoms with E-state index in [1.54, 1.807) is 13.1 Å². The van der Waals surface area contributed by atoms with Crippen LogP contribution in [0.3, 0.4) is 0 Å². The summed E-state index contributed by atoms with van der Waals surface area (Å²) in [4.78, 5) is 15.4. The number of aromatic nitrogens is 1. The lowest BCUT2D eigenvalue weighted by molar-refractivity contribution is -0.143. The molecule has 1 N–H and O–H groups in total. The van der Waals surface area contributed by atoms with Crippen molar-refractivity contribution < 1.29 is 9.90 Å². The van der Waals surface area contributed by atoms with Crippen molar-refractivity contribution >= 4 is 5.97 Å². The van der Waals surface area contributed by atoms with E-state index < -0.39 is 5.97 Å². The first-order chi connectivity index (χ1) is 7.61. The first-order valence-electron chi connectivity index (χ1n) is 5.78. The molecule has 0 spiro atoms. The quantitative estimate of drug-likeness (QED) is 0.849. The van der Waals surface area contributed by atoms with E-state index >= 15 is 0 Å². The number of carbonyl (C=O) groups is 1. The van der Waals surface area contributed by atoms with Crippen LogP contribution in [0, 0.1) is 11.8 Å². The number of fused-ring (bicyclic) bond motifs is 1. The van der Waals surface area contributed by atoms with Gasteiger partial charge in [-0.2, -0.15) is 0 Å². The van der Waals surface area contributed by atoms with Crippen LogP contribution in [-0.2, 0) is 11.2 Å². The molecular formula is C13H17NO2. The summed E-state index contributed by atoms with van der Waals surface area (Å²) >= 11 is 0. The Morgan fingerprint density at radius 1 is 1.56 bits per heavy atom. The Balaban J connectivity index is 2.22. The number of hydrogen-bond donors (Lipinski definition) is 1. The van der Waals surface area contributed by atoms with Gasteiger partial charge in [0, 0.05) is 17.8 Å². The largest absolute Gasteiger partial charge is 0.481 e. The lowest BCUT2D eigenvalue weighted by Gasteiger charge is -2.22. The maximum atomic E-state index is 11.0. The molecule has 0 saturated heterocycles. The van der Waals surface area contributed by atoms with Crippen LogP contribution in [0.4, 0.5) is 0 Å². The van der Waals surface area contributed by atoms with E-state index in [4.69, 9.17) is 5.11 Å². The second-order valence-electron chi connectivity index (χ2n) is 4.68. The highest BCUT2D eigenvalue weighted by atomic mass is 16.4. The normalized spacial score (nSPS) is 22.5. The first kappa shape index (κ1) is 11.1. The summed E-state index contributed by atoms with van der Waals surface area (Å²) in [7, 11) is 0. The Kier molecular flexibility index (Phi) is 2.95.